The number of carbonyl (C=O) groups excluding carboxylic acids is 1. The van der Waals surface area contributed by atoms with Crippen molar-refractivity contribution in [2.24, 2.45) is 0 Å². The van der Waals surface area contributed by atoms with E-state index in [1.54, 1.807) is 18.3 Å². The molecule has 1 unspecified atom stereocenters. The van der Waals surface area contributed by atoms with E-state index in [0.29, 0.717) is 5.69 Å². The number of anilines is 1. The van der Waals surface area contributed by atoms with E-state index in [0.717, 1.165) is 5.69 Å². The zero-order valence-corrected chi connectivity index (χ0v) is 14.3. The zero-order chi connectivity index (χ0) is 17.3. The molecule has 7 nitrogen and oxygen atoms in total. The first kappa shape index (κ1) is 18.9. The number of hydrogen-bond acceptors (Lipinski definition) is 5. The van der Waals surface area contributed by atoms with Crippen LogP contribution in [0.25, 0.3) is 6.08 Å². The van der Waals surface area contributed by atoms with Gasteiger partial charge in [0.25, 0.3) is 0 Å². The summed E-state index contributed by atoms with van der Waals surface area (Å²) in [4.78, 5) is 14.7. The normalized spacial score (nSPS) is 12.3. The summed E-state index contributed by atoms with van der Waals surface area (Å²) in [6, 6.07) is 11.4. The van der Waals surface area contributed by atoms with Crippen LogP contribution in [0.4, 0.5) is 5.69 Å². The molecule has 1 heterocycles. The van der Waals surface area contributed by atoms with Crippen LogP contribution < -0.4 is 9.67 Å². The van der Waals surface area contributed by atoms with Crippen LogP contribution in [0, 0.1) is 0 Å². The van der Waals surface area contributed by atoms with Crippen molar-refractivity contribution < 1.29 is 21.8 Å². The van der Waals surface area contributed by atoms with Crippen LogP contribution >= 0.6 is 0 Å². The van der Waals surface area contributed by atoms with Gasteiger partial charge in [0.05, 0.1) is 5.69 Å². The first-order chi connectivity index (χ1) is 10.9. The molecule has 2 rings (SSSR count). The molecule has 1 aromatic heterocycles. The van der Waals surface area contributed by atoms with Crippen molar-refractivity contribution in [3.05, 3.63) is 60.9 Å². The molecule has 2 aromatic rings. The Bertz CT molecular complexity index is 706. The first-order valence-corrected chi connectivity index (χ1v) is 9.77. The molecule has 0 aliphatic rings. The van der Waals surface area contributed by atoms with Crippen molar-refractivity contribution in [1.82, 2.24) is 4.98 Å². The monoisotopic (exact) mass is 380 g/mol. The average molecular weight is 380 g/mol. The molecule has 122 valence electrons. The fraction of sp³-hybridized carbons (Fsp3) is 0.0667. The van der Waals surface area contributed by atoms with Gasteiger partial charge in [-0.15, -0.1) is 0 Å². The summed E-state index contributed by atoms with van der Waals surface area (Å²) in [7, 11) is 0. The molecule has 1 aromatic carbocycles. The summed E-state index contributed by atoms with van der Waals surface area (Å²) >= 11 is -4.83. The number of benzene rings is 1. The molecule has 8 heteroatoms. The van der Waals surface area contributed by atoms with Gasteiger partial charge in [0.1, 0.15) is 0 Å². The van der Waals surface area contributed by atoms with Crippen molar-refractivity contribution in [2.45, 2.75) is 6.92 Å². The Hall–Kier alpha value is -2.18. The second kappa shape index (κ2) is 9.07. The third-order valence-electron chi connectivity index (χ3n) is 2.50. The maximum atomic E-state index is 11.3. The minimum absolute atomic E-state index is 0.0399. The van der Waals surface area contributed by atoms with Crippen molar-refractivity contribution in [2.75, 3.05) is 5.32 Å². The van der Waals surface area contributed by atoms with E-state index in [1.807, 2.05) is 18.2 Å². The van der Waals surface area contributed by atoms with E-state index in [1.165, 1.54) is 25.1 Å². The van der Waals surface area contributed by atoms with Gasteiger partial charge in [0.15, 0.2) is 0 Å². The van der Waals surface area contributed by atoms with Crippen molar-refractivity contribution >= 4 is 36.2 Å². The standard InChI is InChI=1S/C8H10AsNO5.C7H7N/c1-6(11)10-8-4-2-3-7(5-8)9(12,13)15-14;1-2-7-5-3-4-6-8-7/h2-5,14H,1H3,(H,10,11)(H,12,13);2-6H,1H2. The number of nitrogens with zero attached hydrogens (tertiary/aromatic N) is 1. The summed E-state index contributed by atoms with van der Waals surface area (Å²) < 4.78 is 23.9. The van der Waals surface area contributed by atoms with Gasteiger partial charge in [-0.05, 0) is 18.2 Å². The van der Waals surface area contributed by atoms with Crippen molar-refractivity contribution in [1.29, 1.82) is 0 Å². The van der Waals surface area contributed by atoms with Crippen LogP contribution in [0.1, 0.15) is 12.6 Å². The Morgan fingerprint density at radius 1 is 1.35 bits per heavy atom. The van der Waals surface area contributed by atoms with Gasteiger partial charge < -0.3 is 0 Å². The second-order valence-electron chi connectivity index (χ2n) is 4.29. The number of nitrogens with one attached hydrogen (secondary N) is 1. The summed E-state index contributed by atoms with van der Waals surface area (Å²) in [5.74, 6) is -0.294. The minimum atomic E-state index is -4.83. The molecule has 23 heavy (non-hydrogen) atoms. The van der Waals surface area contributed by atoms with Gasteiger partial charge in [-0.3, -0.25) is 4.98 Å². The first-order valence-electron chi connectivity index (χ1n) is 6.46. The molecule has 0 bridgehead atoms. The molecule has 1 atom stereocenters. The fourth-order valence-corrected chi connectivity index (χ4v) is 2.91. The molecule has 0 fully saturated rings. The summed E-state index contributed by atoms with van der Waals surface area (Å²) in [6.45, 7) is 4.89. The van der Waals surface area contributed by atoms with Gasteiger partial charge >= 0.3 is 88.4 Å². The van der Waals surface area contributed by atoms with Gasteiger partial charge in [0.2, 0.25) is 0 Å². The molecule has 0 radical (unpaired) electrons. The molecule has 0 spiro atoms. The number of hydrogen-bond donors (Lipinski definition) is 3. The van der Waals surface area contributed by atoms with E-state index in [2.05, 4.69) is 20.8 Å². The topological polar surface area (TPSA) is 109 Å². The molecule has 0 aliphatic carbocycles. The van der Waals surface area contributed by atoms with Crippen LogP contribution in [0.15, 0.2) is 55.2 Å². The zero-order valence-electron chi connectivity index (χ0n) is 12.4. The van der Waals surface area contributed by atoms with Crippen molar-refractivity contribution in [3.8, 4) is 0 Å². The molecular formula is C15H17AsN2O5. The summed E-state index contributed by atoms with van der Waals surface area (Å²) in [5, 5.41) is 10.7. The third kappa shape index (κ3) is 6.63. The Morgan fingerprint density at radius 3 is 2.57 bits per heavy atom. The predicted octanol–water partition coefficient (Wildman–Crippen LogP) is 1.43. The quantitative estimate of drug-likeness (QED) is 0.421. The molecule has 0 saturated heterocycles. The Labute approximate surface area is 136 Å². The van der Waals surface area contributed by atoms with E-state index in [4.69, 9.17) is 5.26 Å². The van der Waals surface area contributed by atoms with Crippen LogP contribution in [0.5, 0.6) is 0 Å². The SMILES string of the molecule is C=Cc1ccccn1.CC(=O)Nc1cccc([As](=O)(O)OO)c1. The maximum absolute atomic E-state index is 11.3. The van der Waals surface area contributed by atoms with E-state index in [-0.39, 0.29) is 10.3 Å². The fourth-order valence-electron chi connectivity index (χ4n) is 1.51. The van der Waals surface area contributed by atoms with Gasteiger partial charge in [0, 0.05) is 6.20 Å². The van der Waals surface area contributed by atoms with E-state index in [9.17, 15) is 12.6 Å². The Kier molecular flexibility index (Phi) is 7.44. The van der Waals surface area contributed by atoms with Gasteiger partial charge in [-0.1, -0.05) is 12.6 Å². The number of amides is 1. The molecule has 1 amide bonds. The molecule has 0 saturated carbocycles. The van der Waals surface area contributed by atoms with Crippen LogP contribution in [-0.4, -0.2) is 34.4 Å². The van der Waals surface area contributed by atoms with E-state index < -0.39 is 14.2 Å². The number of pyridine rings is 1. The van der Waals surface area contributed by atoms with Crippen LogP contribution in [0.3, 0.4) is 0 Å². The number of carbonyl (C=O) groups is 1. The van der Waals surface area contributed by atoms with Crippen LogP contribution in [0.2, 0.25) is 0 Å². The van der Waals surface area contributed by atoms with Crippen LogP contribution in [-0.2, 0) is 12.4 Å². The molecule has 0 aliphatic heterocycles. The average Bonchev–Trinajstić information content (AvgIpc) is 2.56. The summed E-state index contributed by atoms with van der Waals surface area (Å²) in [5.41, 5.74) is 1.29. The molecule has 3 N–H and O–H groups in total. The summed E-state index contributed by atoms with van der Waals surface area (Å²) in [6.07, 6.45) is 3.47. The van der Waals surface area contributed by atoms with Gasteiger partial charge in [-0.2, -0.15) is 0 Å². The Balaban J connectivity index is 0.000000277. The van der Waals surface area contributed by atoms with Gasteiger partial charge in [-0.25, -0.2) is 0 Å². The predicted molar refractivity (Wildman–Crippen MR) is 87.1 cm³/mol. The van der Waals surface area contributed by atoms with E-state index >= 15 is 0 Å². The number of aromatic nitrogens is 1. The van der Waals surface area contributed by atoms with Crippen molar-refractivity contribution in [3.63, 3.8) is 0 Å². The Morgan fingerprint density at radius 2 is 2.09 bits per heavy atom. The third-order valence-corrected chi connectivity index (χ3v) is 4.92. The second-order valence-corrected chi connectivity index (χ2v) is 7.90. The number of rotatable bonds is 4. The molecular weight excluding hydrogens is 363 g/mol.